The Labute approximate surface area is 107 Å². The van der Waals surface area contributed by atoms with E-state index in [0.29, 0.717) is 23.7 Å². The van der Waals surface area contributed by atoms with Crippen molar-refractivity contribution in [1.29, 1.82) is 0 Å². The number of urea groups is 1. The highest BCUT2D eigenvalue weighted by molar-refractivity contribution is 5.95. The molecule has 0 radical (unpaired) electrons. The zero-order chi connectivity index (χ0) is 13.5. The van der Waals surface area contributed by atoms with Gasteiger partial charge in [-0.1, -0.05) is 13.8 Å². The molecule has 1 rings (SSSR count). The molecule has 0 unspecified atom stereocenters. The third-order valence-electron chi connectivity index (χ3n) is 2.30. The van der Waals surface area contributed by atoms with E-state index in [0.717, 1.165) is 0 Å². The van der Waals surface area contributed by atoms with E-state index in [1.165, 1.54) is 0 Å². The molecule has 5 nitrogen and oxygen atoms in total. The summed E-state index contributed by atoms with van der Waals surface area (Å²) < 4.78 is 0. The molecule has 0 aromatic heterocycles. The van der Waals surface area contributed by atoms with Crippen molar-refractivity contribution in [3.63, 3.8) is 0 Å². The quantitative estimate of drug-likeness (QED) is 0.761. The molecule has 0 aliphatic carbocycles. The standard InChI is InChI=1S/C13H19N3O2/c1-9(2)8-15-12(17)10-4-6-11(7-5-10)16-13(18)14-3/h4-7,9H,8H2,1-3H3,(H,15,17)(H2,14,16,18). The van der Waals surface area contributed by atoms with Gasteiger partial charge in [-0.2, -0.15) is 0 Å². The molecule has 0 heterocycles. The van der Waals surface area contributed by atoms with Gasteiger partial charge in [0, 0.05) is 24.8 Å². The van der Waals surface area contributed by atoms with Gasteiger partial charge in [-0.05, 0) is 30.2 Å². The summed E-state index contributed by atoms with van der Waals surface area (Å²) in [7, 11) is 1.54. The molecule has 0 atom stereocenters. The maximum atomic E-state index is 11.7. The Balaban J connectivity index is 2.59. The minimum atomic E-state index is -0.285. The summed E-state index contributed by atoms with van der Waals surface area (Å²) in [6, 6.07) is 6.47. The molecule has 1 aromatic carbocycles. The van der Waals surface area contributed by atoms with Gasteiger partial charge in [0.1, 0.15) is 0 Å². The summed E-state index contributed by atoms with van der Waals surface area (Å²) in [5.41, 5.74) is 1.23. The lowest BCUT2D eigenvalue weighted by atomic mass is 10.1. The molecule has 18 heavy (non-hydrogen) atoms. The van der Waals surface area contributed by atoms with Crippen molar-refractivity contribution in [2.24, 2.45) is 5.92 Å². The molecule has 3 amide bonds. The van der Waals surface area contributed by atoms with Crippen LogP contribution in [-0.4, -0.2) is 25.5 Å². The number of hydrogen-bond donors (Lipinski definition) is 3. The van der Waals surface area contributed by atoms with Gasteiger partial charge in [-0.15, -0.1) is 0 Å². The summed E-state index contributed by atoms with van der Waals surface area (Å²) in [6.45, 7) is 4.73. The van der Waals surface area contributed by atoms with E-state index in [1.54, 1.807) is 31.3 Å². The van der Waals surface area contributed by atoms with Gasteiger partial charge in [0.05, 0.1) is 0 Å². The average molecular weight is 249 g/mol. The molecular weight excluding hydrogens is 230 g/mol. The Bertz CT molecular complexity index is 413. The zero-order valence-electron chi connectivity index (χ0n) is 10.9. The first-order valence-electron chi connectivity index (χ1n) is 5.90. The minimum absolute atomic E-state index is 0.102. The second-order valence-electron chi connectivity index (χ2n) is 4.39. The Morgan fingerprint density at radius 1 is 1.17 bits per heavy atom. The number of benzene rings is 1. The molecule has 98 valence electrons. The molecule has 0 fully saturated rings. The first kappa shape index (κ1) is 14.0. The van der Waals surface area contributed by atoms with Crippen LogP contribution in [0, 0.1) is 5.92 Å². The van der Waals surface area contributed by atoms with Crippen molar-refractivity contribution < 1.29 is 9.59 Å². The fraction of sp³-hybridized carbons (Fsp3) is 0.385. The highest BCUT2D eigenvalue weighted by Crippen LogP contribution is 2.09. The lowest BCUT2D eigenvalue weighted by Gasteiger charge is -2.08. The van der Waals surface area contributed by atoms with E-state index in [4.69, 9.17) is 0 Å². The van der Waals surface area contributed by atoms with Crippen LogP contribution in [0.1, 0.15) is 24.2 Å². The molecule has 3 N–H and O–H groups in total. The number of carbonyl (C=O) groups is 2. The third-order valence-corrected chi connectivity index (χ3v) is 2.30. The summed E-state index contributed by atoms with van der Waals surface area (Å²) in [4.78, 5) is 22.8. The van der Waals surface area contributed by atoms with Crippen molar-refractivity contribution in [1.82, 2.24) is 10.6 Å². The lowest BCUT2D eigenvalue weighted by molar-refractivity contribution is 0.0949. The van der Waals surface area contributed by atoms with Crippen LogP contribution in [0.15, 0.2) is 24.3 Å². The van der Waals surface area contributed by atoms with Gasteiger partial charge < -0.3 is 16.0 Å². The molecule has 0 saturated carbocycles. The van der Waals surface area contributed by atoms with Gasteiger partial charge in [-0.25, -0.2) is 4.79 Å². The van der Waals surface area contributed by atoms with Crippen molar-refractivity contribution in [3.05, 3.63) is 29.8 Å². The first-order chi connectivity index (χ1) is 8.52. The number of rotatable bonds is 4. The summed E-state index contributed by atoms with van der Waals surface area (Å²) in [5, 5.41) is 7.91. The van der Waals surface area contributed by atoms with E-state index in [9.17, 15) is 9.59 Å². The Morgan fingerprint density at radius 3 is 2.28 bits per heavy atom. The number of carbonyl (C=O) groups excluding carboxylic acids is 2. The van der Waals surface area contributed by atoms with Gasteiger partial charge in [-0.3, -0.25) is 4.79 Å². The van der Waals surface area contributed by atoms with Crippen LogP contribution < -0.4 is 16.0 Å². The number of amides is 3. The molecule has 0 aliphatic heterocycles. The van der Waals surface area contributed by atoms with E-state index in [1.807, 2.05) is 13.8 Å². The second kappa shape index (κ2) is 6.64. The Hall–Kier alpha value is -2.04. The number of hydrogen-bond acceptors (Lipinski definition) is 2. The van der Waals surface area contributed by atoms with Crippen molar-refractivity contribution >= 4 is 17.6 Å². The monoisotopic (exact) mass is 249 g/mol. The smallest absolute Gasteiger partial charge is 0.318 e. The number of anilines is 1. The van der Waals surface area contributed by atoms with Crippen LogP contribution in [0.3, 0.4) is 0 Å². The Morgan fingerprint density at radius 2 is 1.78 bits per heavy atom. The molecular formula is C13H19N3O2. The van der Waals surface area contributed by atoms with Gasteiger partial charge in [0.15, 0.2) is 0 Å². The van der Waals surface area contributed by atoms with Crippen LogP contribution in [-0.2, 0) is 0 Å². The van der Waals surface area contributed by atoms with Crippen molar-refractivity contribution in [2.45, 2.75) is 13.8 Å². The summed E-state index contributed by atoms with van der Waals surface area (Å²) >= 11 is 0. The topological polar surface area (TPSA) is 70.2 Å². The van der Waals surface area contributed by atoms with Gasteiger partial charge in [0.2, 0.25) is 0 Å². The summed E-state index contributed by atoms with van der Waals surface area (Å²) in [5.74, 6) is 0.318. The SMILES string of the molecule is CNC(=O)Nc1ccc(C(=O)NCC(C)C)cc1. The maximum absolute atomic E-state index is 11.7. The predicted molar refractivity (Wildman–Crippen MR) is 71.7 cm³/mol. The highest BCUT2D eigenvalue weighted by atomic mass is 16.2. The Kier molecular flexibility index (Phi) is 5.17. The van der Waals surface area contributed by atoms with Crippen LogP contribution in [0.25, 0.3) is 0 Å². The average Bonchev–Trinajstić information content (AvgIpc) is 2.36. The predicted octanol–water partition coefficient (Wildman–Crippen LogP) is 1.82. The van der Waals surface area contributed by atoms with Crippen LogP contribution in [0.2, 0.25) is 0 Å². The molecule has 0 saturated heterocycles. The van der Waals surface area contributed by atoms with Gasteiger partial charge >= 0.3 is 6.03 Å². The summed E-state index contributed by atoms with van der Waals surface area (Å²) in [6.07, 6.45) is 0. The molecule has 0 bridgehead atoms. The highest BCUT2D eigenvalue weighted by Gasteiger charge is 2.06. The van der Waals surface area contributed by atoms with Crippen LogP contribution in [0.4, 0.5) is 10.5 Å². The zero-order valence-corrected chi connectivity index (χ0v) is 10.9. The van der Waals surface area contributed by atoms with E-state index < -0.39 is 0 Å². The minimum Gasteiger partial charge on any atom is -0.352 e. The lowest BCUT2D eigenvalue weighted by Crippen LogP contribution is -2.27. The third kappa shape index (κ3) is 4.45. The van der Waals surface area contributed by atoms with E-state index >= 15 is 0 Å². The molecule has 0 aliphatic rings. The molecule has 5 heteroatoms. The van der Waals surface area contributed by atoms with Crippen LogP contribution in [0.5, 0.6) is 0 Å². The molecule has 0 spiro atoms. The van der Waals surface area contributed by atoms with E-state index in [-0.39, 0.29) is 11.9 Å². The molecule has 1 aromatic rings. The van der Waals surface area contributed by atoms with Gasteiger partial charge in [0.25, 0.3) is 5.91 Å². The fourth-order valence-corrected chi connectivity index (χ4v) is 1.30. The number of nitrogens with one attached hydrogen (secondary N) is 3. The van der Waals surface area contributed by atoms with Crippen LogP contribution >= 0.6 is 0 Å². The second-order valence-corrected chi connectivity index (χ2v) is 4.39. The first-order valence-corrected chi connectivity index (χ1v) is 5.90. The van der Waals surface area contributed by atoms with E-state index in [2.05, 4.69) is 16.0 Å². The van der Waals surface area contributed by atoms with Crippen molar-refractivity contribution in [3.8, 4) is 0 Å². The maximum Gasteiger partial charge on any atom is 0.318 e. The largest absolute Gasteiger partial charge is 0.352 e. The van der Waals surface area contributed by atoms with Crippen molar-refractivity contribution in [2.75, 3.05) is 18.9 Å². The normalized spacial score (nSPS) is 10.0. The fourth-order valence-electron chi connectivity index (χ4n) is 1.30.